The van der Waals surface area contributed by atoms with Crippen LogP contribution in [0.25, 0.3) is 0 Å². The second-order valence-electron chi connectivity index (χ2n) is 3.75. The Morgan fingerprint density at radius 2 is 1.64 bits per heavy atom. The molecule has 0 spiro atoms. The van der Waals surface area contributed by atoms with Crippen LogP contribution < -0.4 is 5.32 Å². The van der Waals surface area contributed by atoms with Gasteiger partial charge in [-0.3, -0.25) is 10.1 Å². The Morgan fingerprint density at radius 3 is 1.86 bits per heavy atom. The van der Waals surface area contributed by atoms with Crippen molar-refractivity contribution in [2.75, 3.05) is 0 Å². The highest BCUT2D eigenvalue weighted by Gasteiger charge is 2.35. The monoisotopic (exact) mass is 201 g/mol. The van der Waals surface area contributed by atoms with E-state index in [2.05, 4.69) is 19.2 Å². The summed E-state index contributed by atoms with van der Waals surface area (Å²) in [5.74, 6) is -0.727. The number of aliphatic carboxylic acids is 1. The Balaban J connectivity index is 4.56. The van der Waals surface area contributed by atoms with E-state index in [0.29, 0.717) is 18.9 Å². The standard InChI is InChI=1S/C11H23NO2/c1-5-9(6-2)12-11(7-3,8-4)10(13)14/h9,12H,5-8H2,1-4H3,(H,13,14). The summed E-state index contributed by atoms with van der Waals surface area (Å²) >= 11 is 0. The van der Waals surface area contributed by atoms with Crippen molar-refractivity contribution in [2.45, 2.75) is 65.0 Å². The molecule has 0 aromatic heterocycles. The van der Waals surface area contributed by atoms with E-state index < -0.39 is 11.5 Å². The number of carbonyl (C=O) groups is 1. The number of rotatable bonds is 7. The van der Waals surface area contributed by atoms with Gasteiger partial charge in [-0.05, 0) is 25.7 Å². The van der Waals surface area contributed by atoms with Crippen molar-refractivity contribution in [1.82, 2.24) is 5.32 Å². The lowest BCUT2D eigenvalue weighted by Gasteiger charge is -2.32. The van der Waals surface area contributed by atoms with Crippen molar-refractivity contribution in [2.24, 2.45) is 0 Å². The molecule has 0 amide bonds. The summed E-state index contributed by atoms with van der Waals surface area (Å²) in [4.78, 5) is 11.2. The predicted octanol–water partition coefficient (Wildman–Crippen LogP) is 2.41. The predicted molar refractivity (Wildman–Crippen MR) is 58.5 cm³/mol. The highest BCUT2D eigenvalue weighted by molar-refractivity contribution is 5.78. The molecule has 0 fully saturated rings. The van der Waals surface area contributed by atoms with E-state index in [1.807, 2.05) is 13.8 Å². The van der Waals surface area contributed by atoms with Gasteiger partial charge >= 0.3 is 5.97 Å². The Morgan fingerprint density at radius 1 is 1.21 bits per heavy atom. The van der Waals surface area contributed by atoms with Crippen LogP contribution in [0.4, 0.5) is 0 Å². The van der Waals surface area contributed by atoms with Gasteiger partial charge in [0.25, 0.3) is 0 Å². The average Bonchev–Trinajstić information content (AvgIpc) is 2.20. The highest BCUT2D eigenvalue weighted by Crippen LogP contribution is 2.17. The maximum Gasteiger partial charge on any atom is 0.323 e. The molecule has 0 saturated carbocycles. The SMILES string of the molecule is CCC(CC)NC(CC)(CC)C(=O)O. The fourth-order valence-corrected chi connectivity index (χ4v) is 1.70. The Bertz CT molecular complexity index is 172. The summed E-state index contributed by atoms with van der Waals surface area (Å²) in [6.45, 7) is 8.01. The summed E-state index contributed by atoms with van der Waals surface area (Å²) in [6, 6.07) is 0.311. The summed E-state index contributed by atoms with van der Waals surface area (Å²) in [5.41, 5.74) is -0.726. The molecule has 0 heterocycles. The molecule has 0 aliphatic carbocycles. The fraction of sp³-hybridized carbons (Fsp3) is 0.909. The first kappa shape index (κ1) is 13.4. The van der Waals surface area contributed by atoms with Crippen LogP contribution in [-0.2, 0) is 4.79 Å². The molecule has 0 radical (unpaired) electrons. The van der Waals surface area contributed by atoms with Gasteiger partial charge in [-0.2, -0.15) is 0 Å². The molecule has 0 aliphatic heterocycles. The first-order chi connectivity index (χ1) is 6.56. The van der Waals surface area contributed by atoms with Crippen molar-refractivity contribution in [3.63, 3.8) is 0 Å². The van der Waals surface area contributed by atoms with Crippen LogP contribution >= 0.6 is 0 Å². The fourth-order valence-electron chi connectivity index (χ4n) is 1.70. The zero-order chi connectivity index (χ0) is 11.2. The minimum absolute atomic E-state index is 0.311. The number of carboxylic acids is 1. The molecule has 0 aromatic carbocycles. The smallest absolute Gasteiger partial charge is 0.323 e. The normalized spacial score (nSPS) is 12.1. The van der Waals surface area contributed by atoms with Crippen LogP contribution in [0.1, 0.15) is 53.4 Å². The van der Waals surface area contributed by atoms with Crippen LogP contribution in [0.5, 0.6) is 0 Å². The van der Waals surface area contributed by atoms with Gasteiger partial charge in [0.15, 0.2) is 0 Å². The van der Waals surface area contributed by atoms with E-state index in [0.717, 1.165) is 12.8 Å². The molecule has 0 aromatic rings. The lowest BCUT2D eigenvalue weighted by atomic mass is 9.91. The van der Waals surface area contributed by atoms with Gasteiger partial charge in [-0.15, -0.1) is 0 Å². The first-order valence-corrected chi connectivity index (χ1v) is 5.57. The third kappa shape index (κ3) is 2.98. The molecule has 0 bridgehead atoms. The van der Waals surface area contributed by atoms with Crippen LogP contribution in [-0.4, -0.2) is 22.7 Å². The summed E-state index contributed by atoms with van der Waals surface area (Å²) in [5, 5.41) is 12.5. The van der Waals surface area contributed by atoms with Gasteiger partial charge in [0, 0.05) is 6.04 Å². The van der Waals surface area contributed by atoms with E-state index in [1.165, 1.54) is 0 Å². The molecule has 0 saturated heterocycles. The third-order valence-electron chi connectivity index (χ3n) is 3.08. The van der Waals surface area contributed by atoms with Gasteiger partial charge in [-0.25, -0.2) is 0 Å². The maximum absolute atomic E-state index is 11.2. The van der Waals surface area contributed by atoms with Crippen molar-refractivity contribution in [3.05, 3.63) is 0 Å². The molecule has 0 unspecified atom stereocenters. The summed E-state index contributed by atoms with van der Waals surface area (Å²) < 4.78 is 0. The molecule has 3 heteroatoms. The lowest BCUT2D eigenvalue weighted by Crippen LogP contribution is -2.55. The van der Waals surface area contributed by atoms with E-state index in [1.54, 1.807) is 0 Å². The van der Waals surface area contributed by atoms with Crippen LogP contribution in [0.15, 0.2) is 0 Å². The molecule has 0 atom stereocenters. The largest absolute Gasteiger partial charge is 0.480 e. The first-order valence-electron chi connectivity index (χ1n) is 5.57. The van der Waals surface area contributed by atoms with Crippen molar-refractivity contribution < 1.29 is 9.90 Å². The molecule has 14 heavy (non-hydrogen) atoms. The Labute approximate surface area is 86.9 Å². The van der Waals surface area contributed by atoms with Crippen molar-refractivity contribution in [3.8, 4) is 0 Å². The van der Waals surface area contributed by atoms with Crippen molar-refractivity contribution >= 4 is 5.97 Å². The molecule has 0 aliphatic rings. The maximum atomic E-state index is 11.2. The van der Waals surface area contributed by atoms with Gasteiger partial charge in [-0.1, -0.05) is 27.7 Å². The highest BCUT2D eigenvalue weighted by atomic mass is 16.4. The molecule has 84 valence electrons. The Hall–Kier alpha value is -0.570. The quantitative estimate of drug-likeness (QED) is 0.665. The Kier molecular flexibility index (Phi) is 5.77. The third-order valence-corrected chi connectivity index (χ3v) is 3.08. The topological polar surface area (TPSA) is 49.3 Å². The minimum atomic E-state index is -0.727. The lowest BCUT2D eigenvalue weighted by molar-refractivity contribution is -0.145. The average molecular weight is 201 g/mol. The number of nitrogens with one attached hydrogen (secondary N) is 1. The van der Waals surface area contributed by atoms with Crippen molar-refractivity contribution in [1.29, 1.82) is 0 Å². The number of carboxylic acid groups (broad SMARTS) is 1. The van der Waals surface area contributed by atoms with Gasteiger partial charge in [0.2, 0.25) is 0 Å². The summed E-state index contributed by atoms with van der Waals surface area (Å²) in [7, 11) is 0. The molecule has 2 N–H and O–H groups in total. The van der Waals surface area contributed by atoms with E-state index in [9.17, 15) is 9.90 Å². The zero-order valence-corrected chi connectivity index (χ0v) is 9.76. The molecule has 0 rings (SSSR count). The zero-order valence-electron chi connectivity index (χ0n) is 9.76. The second-order valence-corrected chi connectivity index (χ2v) is 3.75. The molecular weight excluding hydrogens is 178 g/mol. The van der Waals surface area contributed by atoms with Gasteiger partial charge < -0.3 is 5.11 Å². The summed E-state index contributed by atoms with van der Waals surface area (Å²) in [6.07, 6.45) is 3.22. The molecule has 3 nitrogen and oxygen atoms in total. The van der Waals surface area contributed by atoms with Gasteiger partial charge in [0.05, 0.1) is 0 Å². The van der Waals surface area contributed by atoms with Crippen LogP contribution in [0, 0.1) is 0 Å². The van der Waals surface area contributed by atoms with E-state index in [-0.39, 0.29) is 0 Å². The van der Waals surface area contributed by atoms with Crippen LogP contribution in [0.3, 0.4) is 0 Å². The van der Waals surface area contributed by atoms with Crippen LogP contribution in [0.2, 0.25) is 0 Å². The van der Waals surface area contributed by atoms with E-state index in [4.69, 9.17) is 0 Å². The molecular formula is C11H23NO2. The minimum Gasteiger partial charge on any atom is -0.480 e. The number of hydrogen-bond donors (Lipinski definition) is 2. The van der Waals surface area contributed by atoms with E-state index >= 15 is 0 Å². The van der Waals surface area contributed by atoms with Gasteiger partial charge in [0.1, 0.15) is 5.54 Å². The number of hydrogen-bond acceptors (Lipinski definition) is 2. The second kappa shape index (κ2) is 6.02.